The Hall–Kier alpha value is -2.89. The number of aromatic nitrogens is 3. The van der Waals surface area contributed by atoms with E-state index in [9.17, 15) is 4.79 Å². The molecular formula is C14H12N4O2. The summed E-state index contributed by atoms with van der Waals surface area (Å²) in [6, 6.07) is 9.02. The maximum atomic E-state index is 11.9. The zero-order chi connectivity index (χ0) is 13.9. The van der Waals surface area contributed by atoms with Gasteiger partial charge in [0, 0.05) is 29.8 Å². The van der Waals surface area contributed by atoms with Gasteiger partial charge in [0.05, 0.1) is 6.33 Å². The number of carbonyl (C=O) groups is 1. The largest absolute Gasteiger partial charge is 0.361 e. The zero-order valence-corrected chi connectivity index (χ0v) is 10.8. The Kier molecular flexibility index (Phi) is 3.04. The molecule has 1 aromatic carbocycles. The maximum Gasteiger partial charge on any atom is 0.277 e. The van der Waals surface area contributed by atoms with Crippen LogP contribution in [0.3, 0.4) is 0 Å². The van der Waals surface area contributed by atoms with Gasteiger partial charge in [-0.1, -0.05) is 5.16 Å². The van der Waals surface area contributed by atoms with E-state index in [0.717, 1.165) is 5.69 Å². The Balaban J connectivity index is 1.74. The lowest BCUT2D eigenvalue weighted by atomic mass is 10.2. The molecule has 2 heterocycles. The van der Waals surface area contributed by atoms with Crippen LogP contribution in [-0.2, 0) is 0 Å². The van der Waals surface area contributed by atoms with Gasteiger partial charge in [-0.3, -0.25) is 4.79 Å². The summed E-state index contributed by atoms with van der Waals surface area (Å²) in [7, 11) is 0. The second-order valence-corrected chi connectivity index (χ2v) is 4.29. The molecule has 6 nitrogen and oxygen atoms in total. The summed E-state index contributed by atoms with van der Waals surface area (Å²) >= 11 is 0. The normalized spacial score (nSPS) is 10.4. The third-order valence-corrected chi connectivity index (χ3v) is 2.79. The molecule has 0 bridgehead atoms. The van der Waals surface area contributed by atoms with Crippen LogP contribution in [-0.4, -0.2) is 20.6 Å². The number of carbonyl (C=O) groups excluding carboxylic acids is 1. The van der Waals surface area contributed by atoms with Gasteiger partial charge in [0.1, 0.15) is 5.76 Å². The van der Waals surface area contributed by atoms with Crippen molar-refractivity contribution in [2.45, 2.75) is 6.92 Å². The molecule has 3 aromatic rings. The average Bonchev–Trinajstić information content (AvgIpc) is 3.10. The minimum Gasteiger partial charge on any atom is -0.361 e. The number of benzene rings is 1. The molecule has 0 spiro atoms. The molecule has 3 rings (SSSR count). The molecule has 0 unspecified atom stereocenters. The van der Waals surface area contributed by atoms with Crippen LogP contribution in [0.25, 0.3) is 5.69 Å². The summed E-state index contributed by atoms with van der Waals surface area (Å²) in [5, 5.41) is 6.43. The van der Waals surface area contributed by atoms with Crippen LogP contribution >= 0.6 is 0 Å². The van der Waals surface area contributed by atoms with Crippen molar-refractivity contribution in [3.63, 3.8) is 0 Å². The molecule has 0 aliphatic carbocycles. The molecule has 0 atom stereocenters. The van der Waals surface area contributed by atoms with Crippen molar-refractivity contribution in [1.82, 2.24) is 14.7 Å². The van der Waals surface area contributed by atoms with Gasteiger partial charge in [-0.15, -0.1) is 0 Å². The van der Waals surface area contributed by atoms with Crippen molar-refractivity contribution in [2.75, 3.05) is 5.32 Å². The summed E-state index contributed by atoms with van der Waals surface area (Å²) in [4.78, 5) is 15.9. The van der Waals surface area contributed by atoms with Crippen molar-refractivity contribution in [2.24, 2.45) is 0 Å². The third kappa shape index (κ3) is 2.44. The van der Waals surface area contributed by atoms with Gasteiger partial charge < -0.3 is 14.4 Å². The first-order chi connectivity index (χ1) is 9.72. The van der Waals surface area contributed by atoms with E-state index in [0.29, 0.717) is 11.4 Å². The van der Waals surface area contributed by atoms with Gasteiger partial charge in [-0.05, 0) is 31.2 Å². The zero-order valence-electron chi connectivity index (χ0n) is 10.8. The van der Waals surface area contributed by atoms with Gasteiger partial charge in [0.15, 0.2) is 5.69 Å². The average molecular weight is 268 g/mol. The van der Waals surface area contributed by atoms with Crippen LogP contribution in [0.1, 0.15) is 16.2 Å². The molecule has 0 aliphatic heterocycles. The van der Waals surface area contributed by atoms with Crippen LogP contribution in [0.5, 0.6) is 0 Å². The predicted octanol–water partition coefficient (Wildman–Crippen LogP) is 2.42. The van der Waals surface area contributed by atoms with E-state index in [4.69, 9.17) is 4.52 Å². The first-order valence-electron chi connectivity index (χ1n) is 6.05. The summed E-state index contributed by atoms with van der Waals surface area (Å²) in [5.41, 5.74) is 1.93. The lowest BCUT2D eigenvalue weighted by molar-refractivity contribution is 0.101. The fourth-order valence-electron chi connectivity index (χ4n) is 1.80. The number of aryl methyl sites for hydroxylation is 1. The summed E-state index contributed by atoms with van der Waals surface area (Å²) in [6.45, 7) is 1.74. The minimum atomic E-state index is -0.294. The molecule has 20 heavy (non-hydrogen) atoms. The third-order valence-electron chi connectivity index (χ3n) is 2.79. The number of hydrogen-bond acceptors (Lipinski definition) is 4. The van der Waals surface area contributed by atoms with Crippen LogP contribution in [0, 0.1) is 6.92 Å². The number of imidazole rings is 1. The van der Waals surface area contributed by atoms with Crippen LogP contribution < -0.4 is 5.32 Å². The highest BCUT2D eigenvalue weighted by atomic mass is 16.5. The second-order valence-electron chi connectivity index (χ2n) is 4.29. The standard InChI is InChI=1S/C14H12N4O2/c1-10-8-13(17-20-10)14(19)16-11-2-4-12(5-3-11)18-7-6-15-9-18/h2-9H,1H3,(H,16,19). The number of hydrogen-bond donors (Lipinski definition) is 1. The fraction of sp³-hybridized carbons (Fsp3) is 0.0714. The van der Waals surface area contributed by atoms with E-state index >= 15 is 0 Å². The Labute approximate surface area is 115 Å². The number of nitrogens with one attached hydrogen (secondary N) is 1. The molecule has 1 N–H and O–H groups in total. The highest BCUT2D eigenvalue weighted by molar-refractivity contribution is 6.02. The highest BCUT2D eigenvalue weighted by Gasteiger charge is 2.10. The van der Waals surface area contributed by atoms with E-state index in [-0.39, 0.29) is 11.6 Å². The number of amides is 1. The van der Waals surface area contributed by atoms with Gasteiger partial charge in [-0.2, -0.15) is 0 Å². The molecular weight excluding hydrogens is 256 g/mol. The monoisotopic (exact) mass is 268 g/mol. The Morgan fingerprint density at radius 2 is 2.10 bits per heavy atom. The van der Waals surface area contributed by atoms with Crippen molar-refractivity contribution >= 4 is 11.6 Å². The molecule has 2 aromatic heterocycles. The summed E-state index contributed by atoms with van der Waals surface area (Å²) in [6.07, 6.45) is 5.28. The molecule has 0 saturated carbocycles. The van der Waals surface area contributed by atoms with Crippen LogP contribution in [0.4, 0.5) is 5.69 Å². The molecule has 0 saturated heterocycles. The lowest BCUT2D eigenvalue weighted by Crippen LogP contribution is -2.12. The number of anilines is 1. The molecule has 0 radical (unpaired) electrons. The van der Waals surface area contributed by atoms with Crippen LogP contribution in [0.15, 0.2) is 53.6 Å². The number of rotatable bonds is 3. The quantitative estimate of drug-likeness (QED) is 0.791. The topological polar surface area (TPSA) is 73.0 Å². The van der Waals surface area contributed by atoms with E-state index in [1.807, 2.05) is 35.0 Å². The number of nitrogens with zero attached hydrogens (tertiary/aromatic N) is 3. The van der Waals surface area contributed by atoms with Crippen LogP contribution in [0.2, 0.25) is 0 Å². The SMILES string of the molecule is Cc1cc(C(=O)Nc2ccc(-n3ccnc3)cc2)no1. The van der Waals surface area contributed by atoms with Crippen molar-refractivity contribution < 1.29 is 9.32 Å². The highest BCUT2D eigenvalue weighted by Crippen LogP contribution is 2.14. The molecule has 6 heteroatoms. The molecule has 0 fully saturated rings. The van der Waals surface area contributed by atoms with E-state index < -0.39 is 0 Å². The van der Waals surface area contributed by atoms with E-state index in [1.165, 1.54) is 0 Å². The van der Waals surface area contributed by atoms with Gasteiger partial charge in [0.25, 0.3) is 5.91 Å². The Morgan fingerprint density at radius 3 is 2.70 bits per heavy atom. The summed E-state index contributed by atoms with van der Waals surface area (Å²) < 4.78 is 6.75. The van der Waals surface area contributed by atoms with E-state index in [2.05, 4.69) is 15.5 Å². The van der Waals surface area contributed by atoms with Gasteiger partial charge in [0.2, 0.25) is 0 Å². The lowest BCUT2D eigenvalue weighted by Gasteiger charge is -2.05. The van der Waals surface area contributed by atoms with Gasteiger partial charge >= 0.3 is 0 Å². The first-order valence-corrected chi connectivity index (χ1v) is 6.05. The minimum absolute atomic E-state index is 0.265. The predicted molar refractivity (Wildman–Crippen MR) is 72.8 cm³/mol. The molecule has 100 valence electrons. The fourth-order valence-corrected chi connectivity index (χ4v) is 1.80. The summed E-state index contributed by atoms with van der Waals surface area (Å²) in [5.74, 6) is 0.308. The van der Waals surface area contributed by atoms with Gasteiger partial charge in [-0.25, -0.2) is 4.98 Å². The van der Waals surface area contributed by atoms with Crippen molar-refractivity contribution in [3.05, 3.63) is 60.5 Å². The Morgan fingerprint density at radius 1 is 1.30 bits per heavy atom. The first kappa shape index (κ1) is 12.2. The molecule has 0 aliphatic rings. The maximum absolute atomic E-state index is 11.9. The van der Waals surface area contributed by atoms with Crippen molar-refractivity contribution in [3.8, 4) is 5.69 Å². The van der Waals surface area contributed by atoms with E-state index in [1.54, 1.807) is 25.5 Å². The smallest absolute Gasteiger partial charge is 0.277 e. The Bertz CT molecular complexity index is 714. The van der Waals surface area contributed by atoms with Crippen molar-refractivity contribution in [1.29, 1.82) is 0 Å². The molecule has 1 amide bonds. The second kappa shape index (κ2) is 5.00.